The average molecular weight is 267 g/mol. The molecular weight excluding hydrogens is 242 g/mol. The first kappa shape index (κ1) is 15.8. The molecule has 1 rings (SSSR count). The Morgan fingerprint density at radius 1 is 1.32 bits per heavy atom. The quantitative estimate of drug-likeness (QED) is 0.674. The second-order valence-corrected chi connectivity index (χ2v) is 4.88. The van der Waals surface area contributed by atoms with Crippen LogP contribution in [0.1, 0.15) is 26.7 Å². The molecule has 1 aromatic rings. The molecule has 0 saturated heterocycles. The van der Waals surface area contributed by atoms with Crippen molar-refractivity contribution in [3.63, 3.8) is 0 Å². The van der Waals surface area contributed by atoms with E-state index in [2.05, 4.69) is 5.32 Å². The zero-order valence-corrected chi connectivity index (χ0v) is 12.1. The zero-order chi connectivity index (χ0) is 14.1. The topological polar surface area (TPSA) is 50.7 Å². The van der Waals surface area contributed by atoms with Gasteiger partial charge in [-0.2, -0.15) is 0 Å². The third kappa shape index (κ3) is 5.49. The van der Waals surface area contributed by atoms with Gasteiger partial charge >= 0.3 is 0 Å². The minimum atomic E-state index is -0.216. The molecule has 0 heterocycles. The van der Waals surface area contributed by atoms with Gasteiger partial charge in [-0.1, -0.05) is 13.0 Å². The van der Waals surface area contributed by atoms with Gasteiger partial charge in [-0.05, 0) is 38.4 Å². The standard InChI is InChI=1S/C15H25NO3/c1-4-16-15(2,12-17)9-6-10-19-14-8-5-7-13(11-14)18-3/h5,7-8,11,16-17H,4,6,9-10,12H2,1-3H3. The Balaban J connectivity index is 2.33. The molecule has 1 aromatic carbocycles. The summed E-state index contributed by atoms with van der Waals surface area (Å²) in [6, 6.07) is 7.58. The van der Waals surface area contributed by atoms with E-state index in [4.69, 9.17) is 9.47 Å². The number of rotatable bonds is 9. The highest BCUT2D eigenvalue weighted by atomic mass is 16.5. The van der Waals surface area contributed by atoms with Gasteiger partial charge in [0, 0.05) is 11.6 Å². The van der Waals surface area contributed by atoms with Gasteiger partial charge in [0.25, 0.3) is 0 Å². The van der Waals surface area contributed by atoms with Crippen LogP contribution in [-0.2, 0) is 0 Å². The monoisotopic (exact) mass is 267 g/mol. The SMILES string of the molecule is CCNC(C)(CO)CCCOc1cccc(OC)c1. The van der Waals surface area contributed by atoms with Crippen LogP contribution in [-0.4, -0.2) is 37.5 Å². The second kappa shape index (κ2) is 8.02. The van der Waals surface area contributed by atoms with E-state index in [0.717, 1.165) is 30.9 Å². The highest BCUT2D eigenvalue weighted by Gasteiger charge is 2.20. The van der Waals surface area contributed by atoms with Gasteiger partial charge in [0.1, 0.15) is 11.5 Å². The van der Waals surface area contributed by atoms with Crippen LogP contribution in [0.25, 0.3) is 0 Å². The Kier molecular flexibility index (Phi) is 6.67. The Morgan fingerprint density at radius 2 is 2.05 bits per heavy atom. The molecule has 0 amide bonds. The van der Waals surface area contributed by atoms with Gasteiger partial charge in [0.2, 0.25) is 0 Å². The third-order valence-electron chi connectivity index (χ3n) is 3.14. The van der Waals surface area contributed by atoms with Gasteiger partial charge in [-0.3, -0.25) is 0 Å². The van der Waals surface area contributed by atoms with Crippen LogP contribution in [0, 0.1) is 0 Å². The molecule has 19 heavy (non-hydrogen) atoms. The molecule has 1 atom stereocenters. The van der Waals surface area contributed by atoms with Crippen LogP contribution in [0.3, 0.4) is 0 Å². The number of benzene rings is 1. The normalized spacial score (nSPS) is 13.9. The van der Waals surface area contributed by atoms with E-state index in [1.54, 1.807) is 7.11 Å². The molecule has 0 spiro atoms. The van der Waals surface area contributed by atoms with E-state index in [0.29, 0.717) is 6.61 Å². The summed E-state index contributed by atoms with van der Waals surface area (Å²) < 4.78 is 10.8. The van der Waals surface area contributed by atoms with Crippen LogP contribution >= 0.6 is 0 Å². The lowest BCUT2D eigenvalue weighted by molar-refractivity contribution is 0.158. The first-order valence-corrected chi connectivity index (χ1v) is 6.76. The molecule has 0 aromatic heterocycles. The maximum Gasteiger partial charge on any atom is 0.122 e. The molecule has 0 fully saturated rings. The largest absolute Gasteiger partial charge is 0.497 e. The number of ether oxygens (including phenoxy) is 2. The van der Waals surface area contributed by atoms with E-state index in [1.807, 2.05) is 38.1 Å². The average Bonchev–Trinajstić information content (AvgIpc) is 2.44. The molecule has 0 aliphatic heterocycles. The zero-order valence-electron chi connectivity index (χ0n) is 12.1. The molecule has 0 radical (unpaired) electrons. The molecule has 1 unspecified atom stereocenters. The highest BCUT2D eigenvalue weighted by Crippen LogP contribution is 2.19. The van der Waals surface area contributed by atoms with Gasteiger partial charge in [-0.15, -0.1) is 0 Å². The van der Waals surface area contributed by atoms with E-state index >= 15 is 0 Å². The fraction of sp³-hybridized carbons (Fsp3) is 0.600. The number of methoxy groups -OCH3 is 1. The summed E-state index contributed by atoms with van der Waals surface area (Å²) in [5.74, 6) is 1.61. The van der Waals surface area contributed by atoms with E-state index < -0.39 is 0 Å². The molecule has 0 bridgehead atoms. The number of nitrogens with one attached hydrogen (secondary N) is 1. The fourth-order valence-electron chi connectivity index (χ4n) is 1.99. The summed E-state index contributed by atoms with van der Waals surface area (Å²) in [4.78, 5) is 0. The van der Waals surface area contributed by atoms with E-state index in [-0.39, 0.29) is 12.1 Å². The van der Waals surface area contributed by atoms with Gasteiger partial charge in [0.15, 0.2) is 0 Å². The maximum atomic E-state index is 9.38. The van der Waals surface area contributed by atoms with Crippen molar-refractivity contribution in [2.45, 2.75) is 32.2 Å². The molecule has 0 aliphatic carbocycles. The maximum absolute atomic E-state index is 9.38. The molecule has 108 valence electrons. The van der Waals surface area contributed by atoms with Crippen molar-refractivity contribution in [3.8, 4) is 11.5 Å². The molecular formula is C15H25NO3. The summed E-state index contributed by atoms with van der Waals surface area (Å²) in [5, 5.41) is 12.7. The Morgan fingerprint density at radius 3 is 2.68 bits per heavy atom. The lowest BCUT2D eigenvalue weighted by Crippen LogP contribution is -2.45. The van der Waals surface area contributed by atoms with Crippen molar-refractivity contribution in [3.05, 3.63) is 24.3 Å². The molecule has 2 N–H and O–H groups in total. The summed E-state index contributed by atoms with van der Waals surface area (Å²) in [7, 11) is 1.64. The Hall–Kier alpha value is -1.26. The fourth-order valence-corrected chi connectivity index (χ4v) is 1.99. The summed E-state index contributed by atoms with van der Waals surface area (Å²) >= 11 is 0. The van der Waals surface area contributed by atoms with Crippen molar-refractivity contribution < 1.29 is 14.6 Å². The van der Waals surface area contributed by atoms with E-state index in [1.165, 1.54) is 0 Å². The van der Waals surface area contributed by atoms with Crippen molar-refractivity contribution in [2.75, 3.05) is 26.9 Å². The van der Waals surface area contributed by atoms with Crippen LogP contribution in [0.2, 0.25) is 0 Å². The predicted octanol–water partition coefficient (Wildman–Crippen LogP) is 2.21. The lowest BCUT2D eigenvalue weighted by atomic mass is 9.97. The van der Waals surface area contributed by atoms with Crippen LogP contribution in [0.4, 0.5) is 0 Å². The summed E-state index contributed by atoms with van der Waals surface area (Å²) in [5.41, 5.74) is -0.216. The van der Waals surface area contributed by atoms with Gasteiger partial charge < -0.3 is 19.9 Å². The van der Waals surface area contributed by atoms with Crippen molar-refractivity contribution in [2.24, 2.45) is 0 Å². The first-order valence-electron chi connectivity index (χ1n) is 6.76. The Labute approximate surface area is 115 Å². The lowest BCUT2D eigenvalue weighted by Gasteiger charge is -2.28. The first-order chi connectivity index (χ1) is 9.13. The number of hydrogen-bond acceptors (Lipinski definition) is 4. The summed E-state index contributed by atoms with van der Waals surface area (Å²) in [6.45, 7) is 5.70. The van der Waals surface area contributed by atoms with Crippen LogP contribution in [0.5, 0.6) is 11.5 Å². The van der Waals surface area contributed by atoms with Crippen molar-refractivity contribution in [1.82, 2.24) is 5.32 Å². The minimum Gasteiger partial charge on any atom is -0.497 e. The van der Waals surface area contributed by atoms with Gasteiger partial charge in [-0.25, -0.2) is 0 Å². The molecule has 0 saturated carbocycles. The molecule has 4 nitrogen and oxygen atoms in total. The van der Waals surface area contributed by atoms with Crippen LogP contribution < -0.4 is 14.8 Å². The highest BCUT2D eigenvalue weighted by molar-refractivity contribution is 5.32. The Bertz CT molecular complexity index is 370. The predicted molar refractivity (Wildman–Crippen MR) is 76.9 cm³/mol. The van der Waals surface area contributed by atoms with E-state index in [9.17, 15) is 5.11 Å². The number of likely N-dealkylation sites (N-methyl/N-ethyl adjacent to an activating group) is 1. The molecule has 4 heteroatoms. The minimum absolute atomic E-state index is 0.139. The smallest absolute Gasteiger partial charge is 0.122 e. The third-order valence-corrected chi connectivity index (χ3v) is 3.14. The number of aliphatic hydroxyl groups is 1. The van der Waals surface area contributed by atoms with Gasteiger partial charge in [0.05, 0.1) is 20.3 Å². The van der Waals surface area contributed by atoms with Crippen molar-refractivity contribution in [1.29, 1.82) is 0 Å². The van der Waals surface area contributed by atoms with Crippen molar-refractivity contribution >= 4 is 0 Å². The summed E-state index contributed by atoms with van der Waals surface area (Å²) in [6.07, 6.45) is 1.77. The second-order valence-electron chi connectivity index (χ2n) is 4.88. The van der Waals surface area contributed by atoms with Crippen LogP contribution in [0.15, 0.2) is 24.3 Å². The number of hydrogen-bond donors (Lipinski definition) is 2. The molecule has 0 aliphatic rings. The number of aliphatic hydroxyl groups excluding tert-OH is 1.